The highest BCUT2D eigenvalue weighted by atomic mass is 15.1. The number of pyridine rings is 1. The second-order valence-electron chi connectivity index (χ2n) is 5.72. The summed E-state index contributed by atoms with van der Waals surface area (Å²) < 4.78 is 0. The minimum atomic E-state index is 0.754. The molecule has 0 unspecified atom stereocenters. The second kappa shape index (κ2) is 9.93. The highest BCUT2D eigenvalue weighted by molar-refractivity contribution is 5.02. The summed E-state index contributed by atoms with van der Waals surface area (Å²) in [7, 11) is 2.17. The minimum Gasteiger partial charge on any atom is -0.316 e. The summed E-state index contributed by atoms with van der Waals surface area (Å²) in [5, 5.41) is 3.49. The van der Waals surface area contributed by atoms with E-state index in [0.29, 0.717) is 0 Å². The molecule has 1 N–H and O–H groups in total. The normalized spacial score (nSPS) is 11.4. The van der Waals surface area contributed by atoms with E-state index in [9.17, 15) is 0 Å². The van der Waals surface area contributed by atoms with Crippen molar-refractivity contribution in [1.82, 2.24) is 15.2 Å². The van der Waals surface area contributed by atoms with Crippen molar-refractivity contribution in [3.8, 4) is 0 Å². The lowest BCUT2D eigenvalue weighted by atomic mass is 10.2. The molecular formula is C16H29N3. The first kappa shape index (κ1) is 16.1. The fourth-order valence-electron chi connectivity index (χ4n) is 2.05. The van der Waals surface area contributed by atoms with Crippen LogP contribution >= 0.6 is 0 Å². The number of unbranched alkanes of at least 4 members (excludes halogenated alkanes) is 2. The average molecular weight is 263 g/mol. The van der Waals surface area contributed by atoms with Gasteiger partial charge in [-0.1, -0.05) is 26.3 Å². The largest absolute Gasteiger partial charge is 0.316 e. The summed E-state index contributed by atoms with van der Waals surface area (Å²) in [5.74, 6) is 0.754. The summed E-state index contributed by atoms with van der Waals surface area (Å²) >= 11 is 0. The molecule has 0 saturated heterocycles. The van der Waals surface area contributed by atoms with Crippen LogP contribution in [0.3, 0.4) is 0 Å². The lowest BCUT2D eigenvalue weighted by molar-refractivity contribution is 0.313. The summed E-state index contributed by atoms with van der Waals surface area (Å²) in [6.45, 7) is 8.90. The molecule has 0 fully saturated rings. The molecular weight excluding hydrogens is 234 g/mol. The molecule has 3 nitrogen and oxygen atoms in total. The molecule has 0 aliphatic rings. The monoisotopic (exact) mass is 263 g/mol. The van der Waals surface area contributed by atoms with Gasteiger partial charge in [0.2, 0.25) is 0 Å². The highest BCUT2D eigenvalue weighted by Gasteiger charge is 2.00. The van der Waals surface area contributed by atoms with Crippen LogP contribution in [0.5, 0.6) is 0 Å². The third-order valence-electron chi connectivity index (χ3n) is 3.10. The van der Waals surface area contributed by atoms with Crippen LogP contribution < -0.4 is 5.32 Å². The van der Waals surface area contributed by atoms with Crippen LogP contribution in [0.4, 0.5) is 0 Å². The third-order valence-corrected chi connectivity index (χ3v) is 3.10. The Labute approximate surface area is 118 Å². The van der Waals surface area contributed by atoms with E-state index in [4.69, 9.17) is 0 Å². The first-order valence-electron chi connectivity index (χ1n) is 7.47. The fraction of sp³-hybridized carbons (Fsp3) is 0.688. The molecule has 19 heavy (non-hydrogen) atoms. The fourth-order valence-corrected chi connectivity index (χ4v) is 2.05. The van der Waals surface area contributed by atoms with Gasteiger partial charge in [0.25, 0.3) is 0 Å². The summed E-state index contributed by atoms with van der Waals surface area (Å²) in [5.41, 5.74) is 1.16. The zero-order chi connectivity index (χ0) is 13.9. The molecule has 0 saturated carbocycles. The number of nitrogens with one attached hydrogen (secondary N) is 1. The molecule has 0 radical (unpaired) electrons. The Hall–Kier alpha value is -0.930. The maximum atomic E-state index is 4.35. The molecule has 0 spiro atoms. The van der Waals surface area contributed by atoms with Crippen LogP contribution in [0.25, 0.3) is 0 Å². The predicted molar refractivity (Wildman–Crippen MR) is 82.1 cm³/mol. The highest BCUT2D eigenvalue weighted by Crippen LogP contribution is 2.02. The molecule has 3 heteroatoms. The first-order chi connectivity index (χ1) is 9.18. The van der Waals surface area contributed by atoms with Gasteiger partial charge in [0, 0.05) is 12.7 Å². The van der Waals surface area contributed by atoms with E-state index in [1.807, 2.05) is 12.3 Å². The van der Waals surface area contributed by atoms with Crippen molar-refractivity contribution >= 4 is 0 Å². The molecule has 1 rings (SSSR count). The van der Waals surface area contributed by atoms with Crippen molar-refractivity contribution < 1.29 is 0 Å². The van der Waals surface area contributed by atoms with E-state index in [-0.39, 0.29) is 0 Å². The zero-order valence-corrected chi connectivity index (χ0v) is 12.7. The number of rotatable bonds is 10. The summed E-state index contributed by atoms with van der Waals surface area (Å²) in [6, 6.07) is 6.11. The van der Waals surface area contributed by atoms with Gasteiger partial charge in [0.15, 0.2) is 0 Å². The topological polar surface area (TPSA) is 28.2 Å². The van der Waals surface area contributed by atoms with Crippen LogP contribution in [0.15, 0.2) is 24.4 Å². The quantitative estimate of drug-likeness (QED) is 0.658. The van der Waals surface area contributed by atoms with Gasteiger partial charge in [-0.05, 0) is 57.6 Å². The molecule has 0 aromatic carbocycles. The van der Waals surface area contributed by atoms with E-state index in [1.165, 1.54) is 19.3 Å². The molecule has 0 aliphatic carbocycles. The van der Waals surface area contributed by atoms with Gasteiger partial charge in [-0.3, -0.25) is 4.98 Å². The van der Waals surface area contributed by atoms with Crippen molar-refractivity contribution in [1.29, 1.82) is 0 Å². The van der Waals surface area contributed by atoms with E-state index in [2.05, 4.69) is 48.2 Å². The Balaban J connectivity index is 1.97. The number of hydrogen-bond acceptors (Lipinski definition) is 3. The minimum absolute atomic E-state index is 0.754. The second-order valence-corrected chi connectivity index (χ2v) is 5.72. The molecule has 108 valence electrons. The summed E-state index contributed by atoms with van der Waals surface area (Å²) in [6.07, 6.45) is 5.72. The van der Waals surface area contributed by atoms with Crippen LogP contribution in [0.2, 0.25) is 0 Å². The molecule has 0 bridgehead atoms. The molecule has 1 heterocycles. The van der Waals surface area contributed by atoms with Gasteiger partial charge in [-0.2, -0.15) is 0 Å². The smallest absolute Gasteiger partial charge is 0.0543 e. The lowest BCUT2D eigenvalue weighted by Crippen LogP contribution is -2.22. The maximum Gasteiger partial charge on any atom is 0.0543 e. The van der Waals surface area contributed by atoms with Crippen molar-refractivity contribution in [3.05, 3.63) is 30.1 Å². The standard InChI is InChI=1S/C16H29N3/c1-15(2)13-17-10-6-4-8-12-19(3)14-16-9-5-7-11-18-16/h5,7,9,11,15,17H,4,6,8,10,12-14H2,1-3H3. The Morgan fingerprint density at radius 1 is 1.21 bits per heavy atom. The SMILES string of the molecule is CC(C)CNCCCCCN(C)Cc1ccccn1. The zero-order valence-electron chi connectivity index (χ0n) is 12.7. The van der Waals surface area contributed by atoms with Crippen LogP contribution in [-0.2, 0) is 6.54 Å². The van der Waals surface area contributed by atoms with Gasteiger partial charge in [0.05, 0.1) is 5.69 Å². The predicted octanol–water partition coefficient (Wildman–Crippen LogP) is 2.93. The summed E-state index contributed by atoms with van der Waals surface area (Å²) in [4.78, 5) is 6.70. The maximum absolute atomic E-state index is 4.35. The Morgan fingerprint density at radius 2 is 2.05 bits per heavy atom. The Morgan fingerprint density at radius 3 is 2.74 bits per heavy atom. The average Bonchev–Trinajstić information content (AvgIpc) is 2.38. The van der Waals surface area contributed by atoms with Gasteiger partial charge in [-0.25, -0.2) is 0 Å². The van der Waals surface area contributed by atoms with Crippen LogP contribution in [-0.4, -0.2) is 36.6 Å². The van der Waals surface area contributed by atoms with Gasteiger partial charge in [-0.15, -0.1) is 0 Å². The molecule has 0 aliphatic heterocycles. The number of aromatic nitrogens is 1. The van der Waals surface area contributed by atoms with Crippen molar-refractivity contribution in [2.75, 3.05) is 26.7 Å². The van der Waals surface area contributed by atoms with E-state index in [0.717, 1.165) is 37.8 Å². The Bertz CT molecular complexity index is 311. The van der Waals surface area contributed by atoms with Crippen molar-refractivity contribution in [2.45, 2.75) is 39.7 Å². The lowest BCUT2D eigenvalue weighted by Gasteiger charge is -2.15. The van der Waals surface area contributed by atoms with E-state index in [1.54, 1.807) is 0 Å². The van der Waals surface area contributed by atoms with E-state index >= 15 is 0 Å². The number of nitrogens with zero attached hydrogens (tertiary/aromatic N) is 2. The first-order valence-corrected chi connectivity index (χ1v) is 7.47. The molecule has 1 aromatic heterocycles. The molecule has 0 amide bonds. The van der Waals surface area contributed by atoms with Gasteiger partial charge >= 0.3 is 0 Å². The van der Waals surface area contributed by atoms with Crippen LogP contribution in [0.1, 0.15) is 38.8 Å². The van der Waals surface area contributed by atoms with Gasteiger partial charge in [0.1, 0.15) is 0 Å². The third kappa shape index (κ3) is 8.73. The Kier molecular flexibility index (Phi) is 8.43. The number of hydrogen-bond donors (Lipinski definition) is 1. The molecule has 0 atom stereocenters. The molecule has 1 aromatic rings. The van der Waals surface area contributed by atoms with Crippen molar-refractivity contribution in [2.24, 2.45) is 5.92 Å². The van der Waals surface area contributed by atoms with Crippen LogP contribution in [0, 0.1) is 5.92 Å². The van der Waals surface area contributed by atoms with Crippen molar-refractivity contribution in [3.63, 3.8) is 0 Å². The van der Waals surface area contributed by atoms with Gasteiger partial charge < -0.3 is 10.2 Å². The van der Waals surface area contributed by atoms with E-state index < -0.39 is 0 Å².